The van der Waals surface area contributed by atoms with Crippen LogP contribution in [0.3, 0.4) is 0 Å². The van der Waals surface area contributed by atoms with Gasteiger partial charge in [-0.15, -0.1) is 11.3 Å². The van der Waals surface area contributed by atoms with Gasteiger partial charge in [-0.2, -0.15) is 0 Å². The molecule has 2 amide bonds. The smallest absolute Gasteiger partial charge is 0.251 e. The van der Waals surface area contributed by atoms with Crippen molar-refractivity contribution in [3.05, 3.63) is 118 Å². The molecule has 6 nitrogen and oxygen atoms in total. The quantitative estimate of drug-likeness (QED) is 0.153. The van der Waals surface area contributed by atoms with E-state index >= 15 is 0 Å². The Hall–Kier alpha value is -4.20. The second kappa shape index (κ2) is 14.5. The van der Waals surface area contributed by atoms with Gasteiger partial charge in [0.05, 0.1) is 0 Å². The Labute approximate surface area is 263 Å². The number of carbonyl (C=O) groups excluding carboxylic acids is 2. The number of carbonyl (C=O) groups is 2. The molecule has 44 heavy (non-hydrogen) atoms. The van der Waals surface area contributed by atoms with Crippen molar-refractivity contribution in [2.45, 2.75) is 38.6 Å². The number of H-pyrrole nitrogens is 1. The van der Waals surface area contributed by atoms with Crippen LogP contribution in [0.4, 0.5) is 0 Å². The van der Waals surface area contributed by atoms with Gasteiger partial charge in [0.1, 0.15) is 0 Å². The molecular formula is C37H40N4O2S. The molecule has 0 saturated carbocycles. The summed E-state index contributed by atoms with van der Waals surface area (Å²) in [4.78, 5) is 35.6. The number of rotatable bonds is 13. The Kier molecular flexibility index (Phi) is 9.85. The number of fused-ring (bicyclic) bond motifs is 1. The van der Waals surface area contributed by atoms with E-state index in [9.17, 15) is 9.59 Å². The molecule has 3 heterocycles. The topological polar surface area (TPSA) is 68.4 Å². The average molecular weight is 605 g/mol. The van der Waals surface area contributed by atoms with Crippen LogP contribution < -0.4 is 5.32 Å². The van der Waals surface area contributed by atoms with Crippen molar-refractivity contribution in [2.24, 2.45) is 0 Å². The number of para-hydroxylation sites is 1. The molecule has 0 aliphatic carbocycles. The third-order valence-corrected chi connectivity index (χ3v) is 9.45. The van der Waals surface area contributed by atoms with Crippen LogP contribution in [0.15, 0.2) is 96.5 Å². The molecule has 6 rings (SSSR count). The maximum atomic E-state index is 13.7. The summed E-state index contributed by atoms with van der Waals surface area (Å²) in [5, 5.41) is 6.35. The number of benzene rings is 3. The summed E-state index contributed by atoms with van der Waals surface area (Å²) in [7, 11) is 0. The predicted octanol–water partition coefficient (Wildman–Crippen LogP) is 6.93. The fourth-order valence-electron chi connectivity index (χ4n) is 6.08. The highest BCUT2D eigenvalue weighted by Gasteiger charge is 2.17. The average Bonchev–Trinajstić information content (AvgIpc) is 3.85. The van der Waals surface area contributed by atoms with Gasteiger partial charge >= 0.3 is 0 Å². The second-order valence-corrected chi connectivity index (χ2v) is 12.6. The van der Waals surface area contributed by atoms with E-state index < -0.39 is 0 Å². The zero-order valence-electron chi connectivity index (χ0n) is 25.1. The third kappa shape index (κ3) is 7.65. The van der Waals surface area contributed by atoms with Crippen molar-refractivity contribution in [3.8, 4) is 11.1 Å². The van der Waals surface area contributed by atoms with Gasteiger partial charge in [-0.25, -0.2) is 0 Å². The summed E-state index contributed by atoms with van der Waals surface area (Å²) < 4.78 is 0. The van der Waals surface area contributed by atoms with Crippen LogP contribution in [0, 0.1) is 0 Å². The van der Waals surface area contributed by atoms with Gasteiger partial charge in [-0.1, -0.05) is 54.6 Å². The van der Waals surface area contributed by atoms with Crippen LogP contribution in [-0.4, -0.2) is 59.3 Å². The molecule has 1 aliphatic heterocycles. The summed E-state index contributed by atoms with van der Waals surface area (Å²) in [5.74, 6) is 0.118. The summed E-state index contributed by atoms with van der Waals surface area (Å²) in [6.07, 6.45) is 6.53. The second-order valence-electron chi connectivity index (χ2n) is 11.6. The minimum Gasteiger partial charge on any atom is -0.361 e. The first-order valence-electron chi connectivity index (χ1n) is 15.7. The Morgan fingerprint density at radius 3 is 2.55 bits per heavy atom. The van der Waals surface area contributed by atoms with E-state index in [0.29, 0.717) is 38.0 Å². The first kappa shape index (κ1) is 29.9. The highest BCUT2D eigenvalue weighted by atomic mass is 32.1. The molecule has 0 atom stereocenters. The molecule has 2 aromatic heterocycles. The van der Waals surface area contributed by atoms with Gasteiger partial charge in [-0.05, 0) is 96.7 Å². The number of nitrogens with zero attached hydrogens (tertiary/aromatic N) is 2. The van der Waals surface area contributed by atoms with Crippen LogP contribution in [0.2, 0.25) is 0 Å². The lowest BCUT2D eigenvalue weighted by atomic mass is 10.0. The summed E-state index contributed by atoms with van der Waals surface area (Å²) in [6.45, 7) is 5.03. The van der Waals surface area contributed by atoms with Gasteiger partial charge in [0.15, 0.2) is 0 Å². The number of aryl methyl sites for hydroxylation is 1. The Bertz CT molecular complexity index is 1690. The molecule has 1 fully saturated rings. The highest BCUT2D eigenvalue weighted by Crippen LogP contribution is 2.24. The molecule has 0 unspecified atom stereocenters. The summed E-state index contributed by atoms with van der Waals surface area (Å²) in [5.41, 5.74) is 6.06. The SMILES string of the molecule is O=C(NCCN1CCCC1)c1cccc(-c2cccc(CN(CCc3cccs3)C(=O)CCc3c[nH]c4ccccc34)c2)c1. The van der Waals surface area contributed by atoms with Gasteiger partial charge in [-0.3, -0.25) is 9.59 Å². The van der Waals surface area contributed by atoms with Crippen LogP contribution in [0.1, 0.15) is 45.6 Å². The van der Waals surface area contributed by atoms with E-state index in [-0.39, 0.29) is 11.8 Å². The zero-order chi connectivity index (χ0) is 30.1. The fraction of sp³-hybridized carbons (Fsp3) is 0.297. The number of hydrogen-bond acceptors (Lipinski definition) is 4. The lowest BCUT2D eigenvalue weighted by molar-refractivity contribution is -0.131. The molecule has 7 heteroatoms. The zero-order valence-corrected chi connectivity index (χ0v) is 26.0. The van der Waals surface area contributed by atoms with Crippen LogP contribution in [-0.2, 0) is 24.2 Å². The van der Waals surface area contributed by atoms with Crippen molar-refractivity contribution in [1.82, 2.24) is 20.1 Å². The van der Waals surface area contributed by atoms with E-state index in [4.69, 9.17) is 0 Å². The van der Waals surface area contributed by atoms with E-state index in [1.54, 1.807) is 11.3 Å². The summed E-state index contributed by atoms with van der Waals surface area (Å²) in [6, 6.07) is 28.6. The largest absolute Gasteiger partial charge is 0.361 e. The van der Waals surface area contributed by atoms with Crippen LogP contribution in [0.5, 0.6) is 0 Å². The number of thiophene rings is 1. The standard InChI is InChI=1S/C37H40N4O2S/c42-36(16-15-32-26-39-35-14-2-1-13-34(32)35)41(21-17-33-12-7-23-44-33)27-28-8-5-9-29(24-28)30-10-6-11-31(25-30)37(43)38-18-22-40-19-3-4-20-40/h1-2,5-14,23-26,39H,3-4,15-22,27H2,(H,38,43). The minimum absolute atomic E-state index is 0.0391. The molecular weight excluding hydrogens is 565 g/mol. The number of nitrogens with one attached hydrogen (secondary N) is 2. The number of aromatic amines is 1. The van der Waals surface area contributed by atoms with Crippen LogP contribution >= 0.6 is 11.3 Å². The lowest BCUT2D eigenvalue weighted by Gasteiger charge is -2.23. The third-order valence-electron chi connectivity index (χ3n) is 8.51. The first-order valence-corrected chi connectivity index (χ1v) is 16.6. The molecule has 226 valence electrons. The van der Waals surface area contributed by atoms with Gasteiger partial charge in [0.2, 0.25) is 5.91 Å². The molecule has 2 N–H and O–H groups in total. The van der Waals surface area contributed by atoms with Crippen molar-refractivity contribution in [2.75, 3.05) is 32.7 Å². The number of hydrogen-bond donors (Lipinski definition) is 2. The van der Waals surface area contributed by atoms with Gasteiger partial charge in [0.25, 0.3) is 5.91 Å². The number of aromatic nitrogens is 1. The van der Waals surface area contributed by atoms with Crippen molar-refractivity contribution in [3.63, 3.8) is 0 Å². The number of amides is 2. The molecule has 0 bridgehead atoms. The number of likely N-dealkylation sites (tertiary alicyclic amines) is 1. The Morgan fingerprint density at radius 2 is 1.70 bits per heavy atom. The van der Waals surface area contributed by atoms with E-state index in [2.05, 4.69) is 63.0 Å². The summed E-state index contributed by atoms with van der Waals surface area (Å²) >= 11 is 1.73. The molecule has 1 aliphatic rings. The normalized spacial score (nSPS) is 13.4. The highest BCUT2D eigenvalue weighted by molar-refractivity contribution is 7.09. The fourth-order valence-corrected chi connectivity index (χ4v) is 6.77. The predicted molar refractivity (Wildman–Crippen MR) is 180 cm³/mol. The molecule has 5 aromatic rings. The van der Waals surface area contributed by atoms with E-state index in [0.717, 1.165) is 48.3 Å². The maximum Gasteiger partial charge on any atom is 0.251 e. The van der Waals surface area contributed by atoms with Crippen molar-refractivity contribution >= 4 is 34.1 Å². The van der Waals surface area contributed by atoms with E-state index in [1.807, 2.05) is 53.6 Å². The first-order chi connectivity index (χ1) is 21.6. The van der Waals surface area contributed by atoms with Crippen molar-refractivity contribution in [1.29, 1.82) is 0 Å². The molecule has 1 saturated heterocycles. The van der Waals surface area contributed by atoms with Gasteiger partial charge in [0, 0.05) is 60.1 Å². The molecule has 3 aromatic carbocycles. The molecule has 0 radical (unpaired) electrons. The molecule has 0 spiro atoms. The van der Waals surface area contributed by atoms with E-state index in [1.165, 1.54) is 28.7 Å². The van der Waals surface area contributed by atoms with Crippen molar-refractivity contribution < 1.29 is 9.59 Å². The lowest BCUT2D eigenvalue weighted by Crippen LogP contribution is -2.33. The minimum atomic E-state index is -0.0391. The Balaban J connectivity index is 1.13. The monoisotopic (exact) mass is 604 g/mol. The van der Waals surface area contributed by atoms with Crippen LogP contribution in [0.25, 0.3) is 22.0 Å². The van der Waals surface area contributed by atoms with Gasteiger partial charge < -0.3 is 20.1 Å². The maximum absolute atomic E-state index is 13.7. The Morgan fingerprint density at radius 1 is 0.886 bits per heavy atom.